The highest BCUT2D eigenvalue weighted by Gasteiger charge is 2.47. The van der Waals surface area contributed by atoms with Crippen molar-refractivity contribution in [2.45, 2.75) is 37.9 Å². The molecule has 2 rings (SSSR count). The van der Waals surface area contributed by atoms with Crippen LogP contribution in [-0.2, 0) is 4.79 Å². The van der Waals surface area contributed by atoms with Crippen LogP contribution in [0.25, 0.3) is 0 Å². The number of carbonyl (C=O) groups is 1. The molecule has 2 saturated carbocycles. The summed E-state index contributed by atoms with van der Waals surface area (Å²) in [6.45, 7) is 3.06. The number of hydrogen-bond donors (Lipinski definition) is 1. The molecule has 1 amide bonds. The minimum absolute atomic E-state index is 0.315. The maximum absolute atomic E-state index is 11.8. The van der Waals surface area contributed by atoms with E-state index in [1.807, 2.05) is 11.8 Å². The molecule has 86 valence electrons. The molecule has 15 heavy (non-hydrogen) atoms. The summed E-state index contributed by atoms with van der Waals surface area (Å²) in [4.78, 5) is 11.8. The van der Waals surface area contributed by atoms with E-state index in [0.717, 1.165) is 37.6 Å². The lowest BCUT2D eigenvalue weighted by atomic mass is 10.0. The van der Waals surface area contributed by atoms with Gasteiger partial charge >= 0.3 is 0 Å². The Balaban J connectivity index is 1.60. The summed E-state index contributed by atoms with van der Waals surface area (Å²) in [6.07, 6.45) is 6.93. The molecule has 2 aliphatic rings. The first-order valence-corrected chi connectivity index (χ1v) is 7.30. The van der Waals surface area contributed by atoms with Crippen LogP contribution >= 0.6 is 11.8 Å². The molecule has 0 aromatic heterocycles. The fraction of sp³-hybridized carbons (Fsp3) is 0.917. The lowest BCUT2D eigenvalue weighted by Crippen LogP contribution is -2.31. The van der Waals surface area contributed by atoms with E-state index < -0.39 is 0 Å². The van der Waals surface area contributed by atoms with Gasteiger partial charge in [-0.2, -0.15) is 11.8 Å². The predicted molar refractivity (Wildman–Crippen MR) is 64.9 cm³/mol. The Morgan fingerprint density at radius 3 is 2.67 bits per heavy atom. The molecule has 0 saturated heterocycles. The monoisotopic (exact) mass is 227 g/mol. The maximum atomic E-state index is 11.8. The van der Waals surface area contributed by atoms with Gasteiger partial charge in [0.25, 0.3) is 0 Å². The van der Waals surface area contributed by atoms with Gasteiger partial charge in [-0.3, -0.25) is 4.79 Å². The molecule has 2 fully saturated rings. The van der Waals surface area contributed by atoms with Crippen LogP contribution in [0.2, 0.25) is 0 Å². The van der Waals surface area contributed by atoms with Gasteiger partial charge in [-0.1, -0.05) is 6.92 Å². The fourth-order valence-corrected chi connectivity index (χ4v) is 2.94. The van der Waals surface area contributed by atoms with Gasteiger partial charge in [0.15, 0.2) is 0 Å². The minimum Gasteiger partial charge on any atom is -0.356 e. The number of carbonyl (C=O) groups excluding carboxylic acids is 1. The summed E-state index contributed by atoms with van der Waals surface area (Å²) in [5.74, 6) is 2.48. The summed E-state index contributed by atoms with van der Waals surface area (Å²) in [5, 5.41) is 3.73. The summed E-state index contributed by atoms with van der Waals surface area (Å²) < 4.78 is 0. The molecule has 0 radical (unpaired) electrons. The van der Waals surface area contributed by atoms with Gasteiger partial charge < -0.3 is 5.32 Å². The highest BCUT2D eigenvalue weighted by molar-refractivity contribution is 7.99. The van der Waals surface area contributed by atoms with E-state index >= 15 is 0 Å². The van der Waals surface area contributed by atoms with Gasteiger partial charge in [-0.25, -0.2) is 0 Å². The van der Waals surface area contributed by atoms with E-state index in [0.29, 0.717) is 17.1 Å². The molecule has 3 atom stereocenters. The van der Waals surface area contributed by atoms with Gasteiger partial charge in [0, 0.05) is 17.7 Å². The fourth-order valence-electron chi connectivity index (χ4n) is 2.59. The van der Waals surface area contributed by atoms with Gasteiger partial charge in [0.1, 0.15) is 0 Å². The molecule has 2 aliphatic carbocycles. The van der Waals surface area contributed by atoms with Crippen LogP contribution in [0.3, 0.4) is 0 Å². The Morgan fingerprint density at radius 2 is 2.07 bits per heavy atom. The number of fused-ring (bicyclic) bond motifs is 1. The molecule has 0 aromatic carbocycles. The third-order valence-corrected chi connectivity index (χ3v) is 4.91. The second-order valence-electron chi connectivity index (χ2n) is 5.05. The van der Waals surface area contributed by atoms with E-state index in [1.165, 1.54) is 6.42 Å². The van der Waals surface area contributed by atoms with Gasteiger partial charge in [0.05, 0.1) is 0 Å². The third-order valence-electron chi connectivity index (χ3n) is 3.87. The molecule has 0 heterocycles. The normalized spacial score (nSPS) is 34.7. The molecular weight excluding hydrogens is 206 g/mol. The van der Waals surface area contributed by atoms with E-state index in [-0.39, 0.29) is 0 Å². The quantitative estimate of drug-likeness (QED) is 0.781. The van der Waals surface area contributed by atoms with E-state index in [2.05, 4.69) is 18.5 Å². The Kier molecular flexibility index (Phi) is 3.60. The van der Waals surface area contributed by atoms with E-state index in [4.69, 9.17) is 0 Å². The van der Waals surface area contributed by atoms with Crippen molar-refractivity contribution in [1.29, 1.82) is 0 Å². The number of rotatable bonds is 5. The van der Waals surface area contributed by atoms with Crippen LogP contribution < -0.4 is 5.32 Å². The summed E-state index contributed by atoms with van der Waals surface area (Å²) in [7, 11) is 0. The molecule has 0 bridgehead atoms. The van der Waals surface area contributed by atoms with Crippen molar-refractivity contribution in [3.63, 3.8) is 0 Å². The second-order valence-corrected chi connectivity index (χ2v) is 6.33. The van der Waals surface area contributed by atoms with Crippen LogP contribution in [0.5, 0.6) is 0 Å². The smallest absolute Gasteiger partial charge is 0.223 e. The first-order valence-electron chi connectivity index (χ1n) is 6.01. The van der Waals surface area contributed by atoms with Crippen molar-refractivity contribution in [2.24, 2.45) is 17.8 Å². The summed E-state index contributed by atoms with van der Waals surface area (Å²) >= 11 is 1.86. The number of hydrogen-bond acceptors (Lipinski definition) is 2. The van der Waals surface area contributed by atoms with E-state index in [9.17, 15) is 4.79 Å². The molecular formula is C12H21NOS. The lowest BCUT2D eigenvalue weighted by molar-refractivity contribution is -0.125. The average Bonchev–Trinajstić information content (AvgIpc) is 2.85. The molecule has 0 spiro atoms. The molecule has 0 aromatic rings. The van der Waals surface area contributed by atoms with Gasteiger partial charge in [0.2, 0.25) is 5.91 Å². The molecule has 2 nitrogen and oxygen atoms in total. The zero-order chi connectivity index (χ0) is 10.8. The first kappa shape index (κ1) is 11.3. The van der Waals surface area contributed by atoms with Crippen LogP contribution in [0, 0.1) is 17.8 Å². The average molecular weight is 227 g/mol. The largest absolute Gasteiger partial charge is 0.356 e. The van der Waals surface area contributed by atoms with Gasteiger partial charge in [-0.15, -0.1) is 0 Å². The Hall–Kier alpha value is -0.180. The van der Waals surface area contributed by atoms with Crippen molar-refractivity contribution < 1.29 is 4.79 Å². The highest BCUT2D eigenvalue weighted by Crippen LogP contribution is 2.54. The summed E-state index contributed by atoms with van der Waals surface area (Å²) in [5.41, 5.74) is 0. The van der Waals surface area contributed by atoms with Crippen molar-refractivity contribution in [2.75, 3.05) is 12.8 Å². The second kappa shape index (κ2) is 4.77. The maximum Gasteiger partial charge on any atom is 0.223 e. The standard InChI is InChI=1S/C12H21NOS/c1-8(15-2)3-4-13-12(14)11-6-9-5-10(9)7-11/h8-11H,3-7H2,1-2H3,(H,13,14). The number of amides is 1. The van der Waals surface area contributed by atoms with Crippen molar-refractivity contribution >= 4 is 17.7 Å². The van der Waals surface area contributed by atoms with Crippen LogP contribution in [0.1, 0.15) is 32.6 Å². The topological polar surface area (TPSA) is 29.1 Å². The molecule has 3 heteroatoms. The van der Waals surface area contributed by atoms with Crippen molar-refractivity contribution in [1.82, 2.24) is 5.32 Å². The van der Waals surface area contributed by atoms with Crippen LogP contribution in [0.4, 0.5) is 0 Å². The predicted octanol–water partition coefficient (Wildman–Crippen LogP) is 2.29. The van der Waals surface area contributed by atoms with Crippen molar-refractivity contribution in [3.8, 4) is 0 Å². The van der Waals surface area contributed by atoms with Crippen LogP contribution in [-0.4, -0.2) is 24.0 Å². The number of thioether (sulfide) groups is 1. The zero-order valence-corrected chi connectivity index (χ0v) is 10.5. The first-order chi connectivity index (χ1) is 7.20. The molecule has 3 unspecified atom stereocenters. The van der Waals surface area contributed by atoms with Crippen LogP contribution in [0.15, 0.2) is 0 Å². The highest BCUT2D eigenvalue weighted by atomic mass is 32.2. The Morgan fingerprint density at radius 1 is 1.40 bits per heavy atom. The summed E-state index contributed by atoms with van der Waals surface area (Å²) in [6, 6.07) is 0. The Bertz CT molecular complexity index is 234. The Labute approximate surface area is 96.6 Å². The minimum atomic E-state index is 0.315. The van der Waals surface area contributed by atoms with E-state index in [1.54, 1.807) is 0 Å². The molecule has 0 aliphatic heterocycles. The SMILES string of the molecule is CSC(C)CCNC(=O)C1CC2CC2C1. The van der Waals surface area contributed by atoms with Crippen molar-refractivity contribution in [3.05, 3.63) is 0 Å². The number of nitrogens with one attached hydrogen (secondary N) is 1. The molecule has 1 N–H and O–H groups in total. The van der Waals surface area contributed by atoms with Gasteiger partial charge in [-0.05, 0) is 43.8 Å². The third kappa shape index (κ3) is 2.90. The lowest BCUT2D eigenvalue weighted by Gasteiger charge is -2.13. The zero-order valence-electron chi connectivity index (χ0n) is 9.66.